The molecule has 27 heavy (non-hydrogen) atoms. The lowest BCUT2D eigenvalue weighted by Crippen LogP contribution is -2.59. The van der Waals surface area contributed by atoms with Crippen LogP contribution in [0, 0.1) is 0 Å². The summed E-state index contributed by atoms with van der Waals surface area (Å²) in [5, 5.41) is -0.738. The van der Waals surface area contributed by atoms with Gasteiger partial charge in [0.15, 0.2) is 23.7 Å². The quantitative estimate of drug-likeness (QED) is 0.447. The summed E-state index contributed by atoms with van der Waals surface area (Å²) in [6, 6.07) is 0. The summed E-state index contributed by atoms with van der Waals surface area (Å²) in [4.78, 5) is 57.2. The van der Waals surface area contributed by atoms with Gasteiger partial charge in [0.2, 0.25) is 0 Å². The van der Waals surface area contributed by atoms with Gasteiger partial charge in [-0.15, -0.1) is 11.8 Å². The minimum atomic E-state index is -1.26. The average Bonchev–Trinajstić information content (AvgIpc) is 2.49. The molecule has 0 N–H and O–H groups in total. The molecule has 0 unspecified atom stereocenters. The predicted molar refractivity (Wildman–Crippen MR) is 90.2 cm³/mol. The number of ether oxygens (including phenoxy) is 5. The summed E-state index contributed by atoms with van der Waals surface area (Å²) in [5.41, 5.74) is -1.07. The normalized spacial score (nSPS) is 27.1. The molecule has 0 aromatic carbocycles. The number of thioether (sulfide) groups is 1. The smallest absolute Gasteiger partial charge is 0.303 e. The van der Waals surface area contributed by atoms with E-state index in [0.717, 1.165) is 39.5 Å². The molecule has 10 nitrogen and oxygen atoms in total. The molecule has 1 aliphatic rings. The molecule has 5 atom stereocenters. The third-order valence-corrected chi connectivity index (χ3v) is 4.62. The zero-order valence-corrected chi connectivity index (χ0v) is 16.4. The van der Waals surface area contributed by atoms with Crippen LogP contribution in [0.5, 0.6) is 0 Å². The van der Waals surface area contributed by atoms with E-state index >= 15 is 0 Å². The SMILES string of the molecule is CC(=O)OC[C@H]1S[C@@H](OC(C)=O)[C@H](OC(C)=O)[C@@H](OC(C)=O)[C@@H]1OC(C)=O. The maximum atomic E-state index is 11.6. The van der Waals surface area contributed by atoms with Crippen molar-refractivity contribution in [2.75, 3.05) is 6.61 Å². The Morgan fingerprint density at radius 2 is 1.07 bits per heavy atom. The lowest BCUT2D eigenvalue weighted by molar-refractivity contribution is -0.195. The van der Waals surface area contributed by atoms with Gasteiger partial charge in [-0.3, -0.25) is 24.0 Å². The molecule has 0 bridgehead atoms. The molecule has 0 aromatic rings. The van der Waals surface area contributed by atoms with Crippen molar-refractivity contribution in [3.8, 4) is 0 Å². The first-order chi connectivity index (χ1) is 12.5. The average molecular weight is 406 g/mol. The minimum Gasteiger partial charge on any atom is -0.465 e. The fraction of sp³-hybridized carbons (Fsp3) is 0.688. The van der Waals surface area contributed by atoms with Crippen molar-refractivity contribution in [3.63, 3.8) is 0 Å². The molecular weight excluding hydrogens is 384 g/mol. The Balaban J connectivity index is 3.29. The summed E-state index contributed by atoms with van der Waals surface area (Å²) in [7, 11) is 0. The zero-order chi connectivity index (χ0) is 20.7. The Labute approximate surface area is 160 Å². The van der Waals surface area contributed by atoms with Gasteiger partial charge in [0, 0.05) is 34.6 Å². The molecule has 1 aliphatic heterocycles. The molecule has 0 amide bonds. The van der Waals surface area contributed by atoms with Crippen LogP contribution in [-0.4, -0.2) is 65.5 Å². The first-order valence-electron chi connectivity index (χ1n) is 7.99. The van der Waals surface area contributed by atoms with E-state index < -0.39 is 58.8 Å². The van der Waals surface area contributed by atoms with Crippen molar-refractivity contribution in [2.24, 2.45) is 0 Å². The highest BCUT2D eigenvalue weighted by molar-refractivity contribution is 8.00. The summed E-state index contributed by atoms with van der Waals surface area (Å²) in [6.07, 6.45) is -3.59. The van der Waals surface area contributed by atoms with E-state index in [-0.39, 0.29) is 6.61 Å². The molecule has 1 fully saturated rings. The largest absolute Gasteiger partial charge is 0.465 e. The second-order valence-electron chi connectivity index (χ2n) is 5.68. The van der Waals surface area contributed by atoms with Crippen LogP contribution in [0.25, 0.3) is 0 Å². The lowest BCUT2D eigenvalue weighted by atomic mass is 10.0. The second-order valence-corrected chi connectivity index (χ2v) is 7.02. The van der Waals surface area contributed by atoms with Gasteiger partial charge in [-0.2, -0.15) is 0 Å². The summed E-state index contributed by atoms with van der Waals surface area (Å²) < 4.78 is 25.8. The molecule has 152 valence electrons. The van der Waals surface area contributed by atoms with E-state index in [0.29, 0.717) is 0 Å². The highest BCUT2D eigenvalue weighted by Gasteiger charge is 2.53. The maximum Gasteiger partial charge on any atom is 0.303 e. The maximum absolute atomic E-state index is 11.6. The minimum absolute atomic E-state index is 0.208. The van der Waals surface area contributed by atoms with Gasteiger partial charge >= 0.3 is 29.8 Å². The summed E-state index contributed by atoms with van der Waals surface area (Å²) in [6.45, 7) is 5.55. The Hall–Kier alpha value is -2.30. The Morgan fingerprint density at radius 3 is 1.52 bits per heavy atom. The van der Waals surface area contributed by atoms with Gasteiger partial charge in [-0.25, -0.2) is 0 Å². The highest BCUT2D eigenvalue weighted by atomic mass is 32.2. The van der Waals surface area contributed by atoms with E-state index in [1.807, 2.05) is 0 Å². The Kier molecular flexibility index (Phi) is 8.54. The lowest BCUT2D eigenvalue weighted by Gasteiger charge is -2.43. The number of carbonyl (C=O) groups excluding carboxylic acids is 5. The highest BCUT2D eigenvalue weighted by Crippen LogP contribution is 2.38. The fourth-order valence-electron chi connectivity index (χ4n) is 2.45. The first-order valence-corrected chi connectivity index (χ1v) is 8.93. The standard InChI is InChI=1S/C16H22O10S/c1-7(17)22-6-12-13(23-8(2)18)14(24-9(3)19)15(25-10(4)20)16(27-12)26-11(5)21/h12-16H,6H2,1-5H3/t12-,13-,14+,15-,16-/m1/s1. The zero-order valence-electron chi connectivity index (χ0n) is 15.6. The molecule has 0 aliphatic carbocycles. The molecule has 0 radical (unpaired) electrons. The van der Waals surface area contributed by atoms with E-state index in [4.69, 9.17) is 23.7 Å². The topological polar surface area (TPSA) is 132 Å². The number of carbonyl (C=O) groups is 5. The van der Waals surface area contributed by atoms with E-state index in [1.165, 1.54) is 6.92 Å². The molecule has 0 spiro atoms. The summed E-state index contributed by atoms with van der Waals surface area (Å²) in [5.74, 6) is -3.36. The van der Waals surface area contributed by atoms with Crippen LogP contribution in [-0.2, 0) is 47.7 Å². The number of hydrogen-bond acceptors (Lipinski definition) is 11. The van der Waals surface area contributed by atoms with E-state index in [9.17, 15) is 24.0 Å². The molecule has 1 rings (SSSR count). The van der Waals surface area contributed by atoms with Gasteiger partial charge < -0.3 is 23.7 Å². The van der Waals surface area contributed by atoms with Crippen LogP contribution in [0.4, 0.5) is 0 Å². The number of rotatable bonds is 6. The van der Waals surface area contributed by atoms with Gasteiger partial charge in [0.25, 0.3) is 0 Å². The molecule has 11 heteroatoms. The van der Waals surface area contributed by atoms with Crippen molar-refractivity contribution in [1.82, 2.24) is 0 Å². The third kappa shape index (κ3) is 7.45. The molecule has 0 aromatic heterocycles. The van der Waals surface area contributed by atoms with Crippen LogP contribution in [0.1, 0.15) is 34.6 Å². The summed E-state index contributed by atoms with van der Waals surface area (Å²) >= 11 is 0.967. The fourth-order valence-corrected chi connectivity index (χ4v) is 3.86. The van der Waals surface area contributed by atoms with Crippen molar-refractivity contribution in [1.29, 1.82) is 0 Å². The van der Waals surface area contributed by atoms with Gasteiger partial charge in [-0.1, -0.05) is 0 Å². The number of hydrogen-bond donors (Lipinski definition) is 0. The van der Waals surface area contributed by atoms with Crippen LogP contribution in [0.15, 0.2) is 0 Å². The monoisotopic (exact) mass is 406 g/mol. The first kappa shape index (κ1) is 22.7. The molecular formula is C16H22O10S. The third-order valence-electron chi connectivity index (χ3n) is 3.23. The van der Waals surface area contributed by atoms with Gasteiger partial charge in [-0.05, 0) is 0 Å². The molecule has 1 saturated heterocycles. The van der Waals surface area contributed by atoms with E-state index in [1.54, 1.807) is 0 Å². The van der Waals surface area contributed by atoms with Gasteiger partial charge in [0.05, 0.1) is 5.25 Å². The Bertz CT molecular complexity index is 604. The predicted octanol–water partition coefficient (Wildman–Crippen LogP) is 0.349. The molecule has 1 heterocycles. The second kappa shape index (κ2) is 10.1. The van der Waals surface area contributed by atoms with Crippen LogP contribution in [0.2, 0.25) is 0 Å². The van der Waals surface area contributed by atoms with Crippen LogP contribution >= 0.6 is 11.8 Å². The van der Waals surface area contributed by atoms with Crippen molar-refractivity contribution in [3.05, 3.63) is 0 Å². The van der Waals surface area contributed by atoms with Crippen molar-refractivity contribution < 1.29 is 47.7 Å². The van der Waals surface area contributed by atoms with Crippen molar-refractivity contribution >= 4 is 41.6 Å². The van der Waals surface area contributed by atoms with Crippen LogP contribution < -0.4 is 0 Å². The molecule has 0 saturated carbocycles. The van der Waals surface area contributed by atoms with Gasteiger partial charge in [0.1, 0.15) is 6.61 Å². The van der Waals surface area contributed by atoms with Crippen molar-refractivity contribution in [2.45, 2.75) is 63.6 Å². The van der Waals surface area contributed by atoms with E-state index in [2.05, 4.69) is 0 Å². The Morgan fingerprint density at radius 1 is 0.630 bits per heavy atom. The number of esters is 5. The van der Waals surface area contributed by atoms with Crippen LogP contribution in [0.3, 0.4) is 0 Å².